The maximum absolute atomic E-state index is 13.3. The van der Waals surface area contributed by atoms with Crippen molar-refractivity contribution in [1.82, 2.24) is 19.7 Å². The van der Waals surface area contributed by atoms with Crippen molar-refractivity contribution in [3.8, 4) is 17.3 Å². The molecule has 0 fully saturated rings. The van der Waals surface area contributed by atoms with E-state index in [0.29, 0.717) is 33.2 Å². The molecule has 0 spiro atoms. The Morgan fingerprint density at radius 1 is 1.13 bits per heavy atom. The third-order valence-electron chi connectivity index (χ3n) is 5.60. The van der Waals surface area contributed by atoms with Crippen LogP contribution in [0.1, 0.15) is 21.6 Å². The standard InChI is InChI=1S/C25H20Cl2N6O4S/c1-13-6-23(37-16-5-3-4-15(26)9-16)29-12-22(13)33-25(28)17(11-30-33)24(34)21-8-14-7-18(27)20(10-19(14)31-21)32-38(2,35)36/h3-12,31-32H,28H2,1-2H3. The number of nitrogens with two attached hydrogens (primary N) is 1. The van der Waals surface area contributed by atoms with Gasteiger partial charge in [0.1, 0.15) is 11.6 Å². The molecule has 4 N–H and O–H groups in total. The van der Waals surface area contributed by atoms with Crippen molar-refractivity contribution in [1.29, 1.82) is 0 Å². The molecule has 3 aromatic heterocycles. The molecule has 0 aliphatic heterocycles. The maximum atomic E-state index is 13.3. The van der Waals surface area contributed by atoms with Gasteiger partial charge in [-0.05, 0) is 48.9 Å². The lowest BCUT2D eigenvalue weighted by Gasteiger charge is -2.10. The number of H-pyrrole nitrogens is 1. The van der Waals surface area contributed by atoms with Crippen LogP contribution in [0.4, 0.5) is 11.5 Å². The van der Waals surface area contributed by atoms with Gasteiger partial charge in [-0.1, -0.05) is 29.3 Å². The lowest BCUT2D eigenvalue weighted by molar-refractivity contribution is 0.103. The number of carbonyl (C=O) groups excluding carboxylic acids is 1. The molecule has 0 aliphatic rings. The number of fused-ring (bicyclic) bond motifs is 1. The zero-order chi connectivity index (χ0) is 27.2. The van der Waals surface area contributed by atoms with Gasteiger partial charge in [0, 0.05) is 22.0 Å². The monoisotopic (exact) mass is 570 g/mol. The number of carbonyl (C=O) groups is 1. The Balaban J connectivity index is 1.42. The van der Waals surface area contributed by atoms with Crippen molar-refractivity contribution in [3.05, 3.63) is 87.8 Å². The number of nitrogens with zero attached hydrogens (tertiary/aromatic N) is 3. The smallest absolute Gasteiger partial charge is 0.229 e. The molecule has 10 nitrogen and oxygen atoms in total. The minimum absolute atomic E-state index is 0.125. The number of anilines is 2. The van der Waals surface area contributed by atoms with Crippen LogP contribution < -0.4 is 15.2 Å². The lowest BCUT2D eigenvalue weighted by atomic mass is 10.1. The van der Waals surface area contributed by atoms with E-state index in [9.17, 15) is 13.2 Å². The van der Waals surface area contributed by atoms with Gasteiger partial charge < -0.3 is 15.5 Å². The van der Waals surface area contributed by atoms with Gasteiger partial charge in [-0.2, -0.15) is 5.10 Å². The molecule has 0 unspecified atom stereocenters. The highest BCUT2D eigenvalue weighted by atomic mass is 35.5. The quantitative estimate of drug-likeness (QED) is 0.224. The predicted octanol–water partition coefficient (Wildman–Crippen LogP) is 5.34. The highest BCUT2D eigenvalue weighted by Crippen LogP contribution is 2.31. The fraction of sp³-hybridized carbons (Fsp3) is 0.0800. The minimum atomic E-state index is -3.54. The number of aromatic nitrogens is 4. The fourth-order valence-electron chi connectivity index (χ4n) is 3.87. The van der Waals surface area contributed by atoms with Crippen molar-refractivity contribution >= 4 is 61.4 Å². The van der Waals surface area contributed by atoms with E-state index in [0.717, 1.165) is 11.8 Å². The summed E-state index contributed by atoms with van der Waals surface area (Å²) in [6.45, 7) is 1.84. The summed E-state index contributed by atoms with van der Waals surface area (Å²) in [6, 6.07) is 13.4. The minimum Gasteiger partial charge on any atom is -0.439 e. The van der Waals surface area contributed by atoms with Crippen LogP contribution in [0, 0.1) is 6.92 Å². The van der Waals surface area contributed by atoms with E-state index >= 15 is 0 Å². The first-order valence-electron chi connectivity index (χ1n) is 11.1. The molecule has 38 heavy (non-hydrogen) atoms. The van der Waals surface area contributed by atoms with Crippen molar-refractivity contribution in [2.24, 2.45) is 0 Å². The van der Waals surface area contributed by atoms with Crippen molar-refractivity contribution < 1.29 is 17.9 Å². The zero-order valence-electron chi connectivity index (χ0n) is 20.0. The number of halogens is 2. The molecule has 0 aliphatic carbocycles. The highest BCUT2D eigenvalue weighted by Gasteiger charge is 2.21. The van der Waals surface area contributed by atoms with Gasteiger partial charge in [0.15, 0.2) is 0 Å². The molecule has 0 atom stereocenters. The van der Waals surface area contributed by atoms with Crippen molar-refractivity contribution in [2.75, 3.05) is 16.7 Å². The number of sulfonamides is 1. The number of hydrogen-bond donors (Lipinski definition) is 3. The Hall–Kier alpha value is -4.06. The molecule has 3 heterocycles. The van der Waals surface area contributed by atoms with E-state index < -0.39 is 15.8 Å². The number of ether oxygens (including phenoxy) is 1. The number of benzene rings is 2. The summed E-state index contributed by atoms with van der Waals surface area (Å²) < 4.78 is 32.8. The number of hydrogen-bond acceptors (Lipinski definition) is 7. The van der Waals surface area contributed by atoms with E-state index in [2.05, 4.69) is 19.8 Å². The van der Waals surface area contributed by atoms with Gasteiger partial charge in [-0.25, -0.2) is 18.1 Å². The number of rotatable bonds is 7. The summed E-state index contributed by atoms with van der Waals surface area (Å²) >= 11 is 12.2. The molecule has 0 saturated carbocycles. The average molecular weight is 571 g/mol. The SMILES string of the molecule is Cc1cc(Oc2cccc(Cl)c2)ncc1-n1ncc(C(=O)c2cc3cc(Cl)c(NS(C)(=O)=O)cc3[nH]2)c1N. The third-order valence-corrected chi connectivity index (χ3v) is 6.74. The molecule has 0 radical (unpaired) electrons. The van der Waals surface area contributed by atoms with Crippen LogP contribution in [0.2, 0.25) is 10.0 Å². The molecule has 13 heteroatoms. The normalized spacial score (nSPS) is 11.6. The van der Waals surface area contributed by atoms with E-state index in [1.54, 1.807) is 48.7 Å². The Bertz CT molecular complexity index is 1830. The molecule has 2 aromatic carbocycles. The topological polar surface area (TPSA) is 145 Å². The Kier molecular flexibility index (Phi) is 6.51. The van der Waals surface area contributed by atoms with E-state index in [-0.39, 0.29) is 27.8 Å². The lowest BCUT2D eigenvalue weighted by Crippen LogP contribution is -2.09. The highest BCUT2D eigenvalue weighted by molar-refractivity contribution is 7.92. The van der Waals surface area contributed by atoms with Crippen LogP contribution in [0.15, 0.2) is 60.9 Å². The molecule has 0 saturated heterocycles. The van der Waals surface area contributed by atoms with Crippen LogP contribution in [0.25, 0.3) is 16.6 Å². The summed E-state index contributed by atoms with van der Waals surface area (Å²) in [5, 5.41) is 5.66. The van der Waals surface area contributed by atoms with Gasteiger partial charge >= 0.3 is 0 Å². The van der Waals surface area contributed by atoms with Crippen LogP contribution in [-0.4, -0.2) is 40.2 Å². The number of aromatic amines is 1. The molecule has 0 bridgehead atoms. The molecule has 194 valence electrons. The number of nitrogens with one attached hydrogen (secondary N) is 2. The number of pyridine rings is 1. The number of ketones is 1. The van der Waals surface area contributed by atoms with E-state index in [4.69, 9.17) is 33.7 Å². The second kappa shape index (κ2) is 9.67. The summed E-state index contributed by atoms with van der Waals surface area (Å²) in [6.07, 6.45) is 3.95. The Labute approximate surface area is 227 Å². The van der Waals surface area contributed by atoms with E-state index in [1.165, 1.54) is 16.9 Å². The van der Waals surface area contributed by atoms with Crippen LogP contribution >= 0.6 is 23.2 Å². The van der Waals surface area contributed by atoms with Crippen LogP contribution in [0.5, 0.6) is 11.6 Å². The second-order valence-electron chi connectivity index (χ2n) is 8.53. The molecule has 5 aromatic rings. The van der Waals surface area contributed by atoms with Crippen LogP contribution in [-0.2, 0) is 10.0 Å². The first kappa shape index (κ1) is 25.6. The third kappa shape index (κ3) is 5.17. The van der Waals surface area contributed by atoms with Crippen molar-refractivity contribution in [3.63, 3.8) is 0 Å². The van der Waals surface area contributed by atoms with Crippen molar-refractivity contribution in [2.45, 2.75) is 6.92 Å². The zero-order valence-corrected chi connectivity index (χ0v) is 22.3. The summed E-state index contributed by atoms with van der Waals surface area (Å²) in [4.78, 5) is 20.6. The van der Waals surface area contributed by atoms with Gasteiger partial charge in [0.2, 0.25) is 21.7 Å². The molecule has 0 amide bonds. The number of nitrogen functional groups attached to an aromatic ring is 1. The Morgan fingerprint density at radius 3 is 2.63 bits per heavy atom. The van der Waals surface area contributed by atoms with E-state index in [1.807, 2.05) is 6.92 Å². The predicted molar refractivity (Wildman–Crippen MR) is 147 cm³/mol. The van der Waals surface area contributed by atoms with Gasteiger partial charge in [-0.15, -0.1) is 0 Å². The van der Waals surface area contributed by atoms with Gasteiger partial charge in [0.05, 0.1) is 46.3 Å². The first-order chi connectivity index (χ1) is 18.0. The van der Waals surface area contributed by atoms with Gasteiger partial charge in [0.25, 0.3) is 0 Å². The second-order valence-corrected chi connectivity index (χ2v) is 11.1. The summed E-state index contributed by atoms with van der Waals surface area (Å²) in [5.41, 5.74) is 8.78. The fourth-order valence-corrected chi connectivity index (χ4v) is 4.90. The van der Waals surface area contributed by atoms with Gasteiger partial charge in [-0.3, -0.25) is 9.52 Å². The number of aryl methyl sites for hydroxylation is 1. The largest absolute Gasteiger partial charge is 0.439 e. The van der Waals surface area contributed by atoms with Crippen LogP contribution in [0.3, 0.4) is 0 Å². The summed E-state index contributed by atoms with van der Waals surface area (Å²) in [5.74, 6) is 0.629. The first-order valence-corrected chi connectivity index (χ1v) is 13.7. The average Bonchev–Trinajstić information content (AvgIpc) is 3.41. The summed E-state index contributed by atoms with van der Waals surface area (Å²) in [7, 11) is -3.54. The molecular formula is C25H20Cl2N6O4S. The Morgan fingerprint density at radius 2 is 1.92 bits per heavy atom. The molecular weight excluding hydrogens is 551 g/mol. The molecule has 5 rings (SSSR count). The maximum Gasteiger partial charge on any atom is 0.229 e.